The maximum absolute atomic E-state index is 13.7. The van der Waals surface area contributed by atoms with Gasteiger partial charge in [0.25, 0.3) is 0 Å². The first-order valence-corrected chi connectivity index (χ1v) is 13.3. The third-order valence-electron chi connectivity index (χ3n) is 7.33. The summed E-state index contributed by atoms with van der Waals surface area (Å²) in [5.74, 6) is 0.938. The van der Waals surface area contributed by atoms with Crippen molar-refractivity contribution in [2.75, 3.05) is 33.4 Å². The first kappa shape index (κ1) is 27.0. The van der Waals surface area contributed by atoms with Crippen LogP contribution in [0.2, 0.25) is 0 Å². The van der Waals surface area contributed by atoms with Crippen LogP contribution in [-0.4, -0.2) is 62.0 Å². The van der Waals surface area contributed by atoms with Crippen LogP contribution in [0.5, 0.6) is 5.75 Å². The number of carbonyl (C=O) groups excluding carboxylic acids is 2. The fourth-order valence-electron chi connectivity index (χ4n) is 5.19. The molecular formula is C30H40N2O5. The second-order valence-electron chi connectivity index (χ2n) is 11.2. The lowest BCUT2D eigenvalue weighted by Gasteiger charge is -2.39. The molecule has 0 radical (unpaired) electrons. The highest BCUT2D eigenvalue weighted by atomic mass is 16.6. The summed E-state index contributed by atoms with van der Waals surface area (Å²) in [6, 6.07) is 16.5. The number of para-hydroxylation sites is 1. The molecule has 2 heterocycles. The third-order valence-corrected chi connectivity index (χ3v) is 7.33. The lowest BCUT2D eigenvalue weighted by molar-refractivity contribution is -0.137. The van der Waals surface area contributed by atoms with Crippen LogP contribution in [-0.2, 0) is 20.7 Å². The summed E-state index contributed by atoms with van der Waals surface area (Å²) in [6.07, 6.45) is 3.24. The number of piperidine rings is 1. The molecule has 0 spiro atoms. The number of rotatable bonds is 6. The number of hydrogen-bond acceptors (Lipinski definition) is 5. The molecule has 2 aliphatic rings. The number of methoxy groups -OCH3 is 1. The van der Waals surface area contributed by atoms with Gasteiger partial charge in [0.15, 0.2) is 0 Å². The van der Waals surface area contributed by atoms with E-state index >= 15 is 0 Å². The largest absolute Gasteiger partial charge is 0.496 e. The van der Waals surface area contributed by atoms with E-state index < -0.39 is 11.0 Å². The second kappa shape index (κ2) is 11.5. The smallest absolute Gasteiger partial charge is 0.410 e. The molecule has 0 saturated carbocycles. The van der Waals surface area contributed by atoms with Crippen molar-refractivity contribution in [2.24, 2.45) is 5.41 Å². The molecule has 2 aromatic rings. The van der Waals surface area contributed by atoms with Crippen molar-refractivity contribution in [3.63, 3.8) is 0 Å². The van der Waals surface area contributed by atoms with Crippen LogP contribution >= 0.6 is 0 Å². The Labute approximate surface area is 220 Å². The quantitative estimate of drug-likeness (QED) is 0.579. The summed E-state index contributed by atoms with van der Waals surface area (Å²) in [5.41, 5.74) is 2.27. The molecule has 4 rings (SSSR count). The predicted octanol–water partition coefficient (Wildman–Crippen LogP) is 5.22. The zero-order valence-electron chi connectivity index (χ0n) is 22.5. The fraction of sp³-hybridized carbons (Fsp3) is 0.533. The third kappa shape index (κ3) is 6.83. The van der Waals surface area contributed by atoms with E-state index in [9.17, 15) is 9.59 Å². The average Bonchev–Trinajstić information content (AvgIpc) is 2.89. The SMILES string of the molecule is COc1ccccc1-c1ccc(CC2(C(=O)NC3CCN(C(=O)OC(C)(C)C)CC3)CCOCC2)cc1. The van der Waals surface area contributed by atoms with Gasteiger partial charge in [-0.05, 0) is 70.1 Å². The minimum absolute atomic E-state index is 0.0545. The van der Waals surface area contributed by atoms with Crippen LogP contribution in [0.4, 0.5) is 4.79 Å². The maximum atomic E-state index is 13.7. The normalized spacial score (nSPS) is 18.2. The highest BCUT2D eigenvalue weighted by molar-refractivity contribution is 5.83. The van der Waals surface area contributed by atoms with Crippen molar-refractivity contribution in [1.82, 2.24) is 10.2 Å². The molecule has 1 N–H and O–H groups in total. The van der Waals surface area contributed by atoms with Gasteiger partial charge in [-0.2, -0.15) is 0 Å². The Morgan fingerprint density at radius 3 is 2.30 bits per heavy atom. The zero-order valence-corrected chi connectivity index (χ0v) is 22.5. The molecule has 0 atom stereocenters. The first-order chi connectivity index (χ1) is 17.7. The van der Waals surface area contributed by atoms with Gasteiger partial charge in [-0.25, -0.2) is 4.79 Å². The van der Waals surface area contributed by atoms with E-state index in [1.165, 1.54) is 0 Å². The summed E-state index contributed by atoms with van der Waals surface area (Å²) >= 11 is 0. The topological polar surface area (TPSA) is 77.1 Å². The predicted molar refractivity (Wildman–Crippen MR) is 144 cm³/mol. The van der Waals surface area contributed by atoms with Gasteiger partial charge in [-0.3, -0.25) is 4.79 Å². The van der Waals surface area contributed by atoms with E-state index in [2.05, 4.69) is 35.6 Å². The Bertz CT molecular complexity index is 1060. The molecule has 2 aromatic carbocycles. The number of nitrogens with zero attached hydrogens (tertiary/aromatic N) is 1. The van der Waals surface area contributed by atoms with E-state index in [-0.39, 0.29) is 18.0 Å². The van der Waals surface area contributed by atoms with E-state index in [4.69, 9.17) is 14.2 Å². The van der Waals surface area contributed by atoms with Gasteiger partial charge < -0.3 is 24.4 Å². The number of nitrogens with one attached hydrogen (secondary N) is 1. The van der Waals surface area contributed by atoms with Gasteiger partial charge in [0.05, 0.1) is 12.5 Å². The van der Waals surface area contributed by atoms with Crippen LogP contribution in [0, 0.1) is 5.41 Å². The Hall–Kier alpha value is -3.06. The highest BCUT2D eigenvalue weighted by Crippen LogP contribution is 2.36. The molecule has 2 aliphatic heterocycles. The molecule has 0 aromatic heterocycles. The van der Waals surface area contributed by atoms with E-state index in [0.717, 1.165) is 35.3 Å². The molecule has 0 unspecified atom stereocenters. The number of carbonyl (C=O) groups is 2. The number of benzene rings is 2. The molecule has 200 valence electrons. The minimum Gasteiger partial charge on any atom is -0.496 e. The number of ether oxygens (including phenoxy) is 3. The molecule has 0 bridgehead atoms. The maximum Gasteiger partial charge on any atom is 0.410 e. The van der Waals surface area contributed by atoms with Crippen molar-refractivity contribution in [3.05, 3.63) is 54.1 Å². The standard InChI is InChI=1S/C30H40N2O5/c1-29(2,3)37-28(34)32-17-13-24(14-18-32)31-27(33)30(15-19-36-20-16-30)21-22-9-11-23(12-10-22)25-7-5-6-8-26(25)35-4/h5-12,24H,13-21H2,1-4H3,(H,31,33). The first-order valence-electron chi connectivity index (χ1n) is 13.3. The molecule has 2 amide bonds. The molecular weight excluding hydrogens is 468 g/mol. The van der Waals surface area contributed by atoms with Crippen LogP contribution in [0.25, 0.3) is 11.1 Å². The van der Waals surface area contributed by atoms with Gasteiger partial charge in [0.1, 0.15) is 11.4 Å². The van der Waals surface area contributed by atoms with Crippen molar-refractivity contribution >= 4 is 12.0 Å². The van der Waals surface area contributed by atoms with Crippen molar-refractivity contribution in [3.8, 4) is 16.9 Å². The van der Waals surface area contributed by atoms with E-state index in [1.807, 2.05) is 39.0 Å². The highest BCUT2D eigenvalue weighted by Gasteiger charge is 2.41. The monoisotopic (exact) mass is 508 g/mol. The summed E-state index contributed by atoms with van der Waals surface area (Å²) in [4.78, 5) is 27.8. The fourth-order valence-corrected chi connectivity index (χ4v) is 5.19. The van der Waals surface area contributed by atoms with Gasteiger partial charge >= 0.3 is 6.09 Å². The molecule has 0 aliphatic carbocycles. The van der Waals surface area contributed by atoms with E-state index in [1.54, 1.807) is 12.0 Å². The summed E-state index contributed by atoms with van der Waals surface area (Å²) in [7, 11) is 1.68. The van der Waals surface area contributed by atoms with Crippen LogP contribution in [0.3, 0.4) is 0 Å². The molecule has 37 heavy (non-hydrogen) atoms. The summed E-state index contributed by atoms with van der Waals surface area (Å²) < 4.78 is 16.6. The molecule has 7 nitrogen and oxygen atoms in total. The lowest BCUT2D eigenvalue weighted by Crippen LogP contribution is -2.53. The van der Waals surface area contributed by atoms with Gasteiger partial charge in [0, 0.05) is 37.9 Å². The van der Waals surface area contributed by atoms with Crippen molar-refractivity contribution in [2.45, 2.75) is 64.5 Å². The molecule has 2 fully saturated rings. The number of amides is 2. The average molecular weight is 509 g/mol. The Balaban J connectivity index is 1.40. The van der Waals surface area contributed by atoms with Gasteiger partial charge in [-0.15, -0.1) is 0 Å². The molecule has 7 heteroatoms. The van der Waals surface area contributed by atoms with Gasteiger partial charge in [0.2, 0.25) is 5.91 Å². The van der Waals surface area contributed by atoms with E-state index in [0.29, 0.717) is 45.6 Å². The second-order valence-corrected chi connectivity index (χ2v) is 11.2. The lowest BCUT2D eigenvalue weighted by atomic mass is 9.74. The van der Waals surface area contributed by atoms with Gasteiger partial charge in [-0.1, -0.05) is 42.5 Å². The Morgan fingerprint density at radius 1 is 1.03 bits per heavy atom. The van der Waals surface area contributed by atoms with Crippen LogP contribution < -0.4 is 10.1 Å². The number of likely N-dealkylation sites (tertiary alicyclic amines) is 1. The Morgan fingerprint density at radius 2 is 1.68 bits per heavy atom. The minimum atomic E-state index is -0.511. The summed E-state index contributed by atoms with van der Waals surface area (Å²) in [5, 5.41) is 3.32. The van der Waals surface area contributed by atoms with Crippen LogP contribution in [0.1, 0.15) is 52.0 Å². The zero-order chi connectivity index (χ0) is 26.5. The van der Waals surface area contributed by atoms with Crippen molar-refractivity contribution in [1.29, 1.82) is 0 Å². The summed E-state index contributed by atoms with van der Waals surface area (Å²) in [6.45, 7) is 7.96. The molecule has 2 saturated heterocycles. The van der Waals surface area contributed by atoms with Crippen molar-refractivity contribution < 1.29 is 23.8 Å². The number of hydrogen-bond donors (Lipinski definition) is 1. The van der Waals surface area contributed by atoms with Crippen LogP contribution in [0.15, 0.2) is 48.5 Å². The Kier molecular flexibility index (Phi) is 8.42.